The average Bonchev–Trinajstić information content (AvgIpc) is 3.30. The third-order valence-electron chi connectivity index (χ3n) is 11.4. The van der Waals surface area contributed by atoms with Crippen LogP contribution in [0.4, 0.5) is 0 Å². The van der Waals surface area contributed by atoms with E-state index in [-0.39, 0.29) is 62.2 Å². The maximum atomic E-state index is 14.9. The van der Waals surface area contributed by atoms with Crippen LogP contribution in [-0.4, -0.2) is 117 Å². The number of nitriles is 1. The zero-order chi connectivity index (χ0) is 51.5. The number of nitrogens with two attached hydrogens (primary N) is 3. The van der Waals surface area contributed by atoms with Crippen molar-refractivity contribution in [1.82, 2.24) is 40.9 Å². The molecule has 11 N–H and O–H groups in total. The topological polar surface area (TPSA) is 329 Å². The van der Waals surface area contributed by atoms with Gasteiger partial charge in [-0.3, -0.25) is 24.0 Å². The summed E-state index contributed by atoms with van der Waals surface area (Å²) in [4.78, 5) is 81.4. The predicted octanol–water partition coefficient (Wildman–Crippen LogP) is 1.07. The highest BCUT2D eigenvalue weighted by molar-refractivity contribution is 7.87. The summed E-state index contributed by atoms with van der Waals surface area (Å²) in [6.07, 6.45) is -0.378. The Morgan fingerprint density at radius 3 is 2.09 bits per heavy atom. The number of hydrogen-bond donors (Lipinski definition) is 8. The summed E-state index contributed by atoms with van der Waals surface area (Å²) in [5.41, 5.74) is 15.7. The van der Waals surface area contributed by atoms with Crippen LogP contribution < -0.4 is 52.1 Å². The van der Waals surface area contributed by atoms with Gasteiger partial charge in [0, 0.05) is 49.8 Å². The van der Waals surface area contributed by atoms with Crippen LogP contribution in [0.25, 0.3) is 22.5 Å². The van der Waals surface area contributed by atoms with Crippen molar-refractivity contribution < 1.29 is 41.9 Å². The lowest BCUT2D eigenvalue weighted by Gasteiger charge is -2.33. The fraction of sp³-hybridized carbons (Fsp3) is 0.417. The summed E-state index contributed by atoms with van der Waals surface area (Å²) in [5, 5.41) is 25.0. The first-order valence-electron chi connectivity index (χ1n) is 22.6. The van der Waals surface area contributed by atoms with Crippen molar-refractivity contribution in [3.63, 3.8) is 0 Å². The van der Waals surface area contributed by atoms with Crippen molar-refractivity contribution in [2.24, 2.45) is 16.6 Å². The van der Waals surface area contributed by atoms with E-state index in [2.05, 4.69) is 56.7 Å². The summed E-state index contributed by atoms with van der Waals surface area (Å²) in [6, 6.07) is 13.9. The van der Waals surface area contributed by atoms with E-state index in [0.717, 1.165) is 16.0 Å². The molecule has 22 heteroatoms. The van der Waals surface area contributed by atoms with Crippen molar-refractivity contribution in [2.45, 2.75) is 84.0 Å². The molecule has 0 saturated carbocycles. The molecule has 0 radical (unpaired) electrons. The van der Waals surface area contributed by atoms with Crippen LogP contribution in [0.15, 0.2) is 60.7 Å². The van der Waals surface area contributed by atoms with Gasteiger partial charge >= 0.3 is 0 Å². The second-order valence-corrected chi connectivity index (χ2v) is 19.1. The Balaban J connectivity index is 1.61. The first-order chi connectivity index (χ1) is 33.1. The molecule has 4 atom stereocenters. The molecule has 4 unspecified atom stereocenters. The molecule has 3 aromatic carbocycles. The van der Waals surface area contributed by atoms with E-state index in [1.54, 1.807) is 50.2 Å². The highest BCUT2D eigenvalue weighted by Crippen LogP contribution is 2.40. The maximum Gasteiger partial charge on any atom is 0.274 e. The van der Waals surface area contributed by atoms with Gasteiger partial charge in [-0.25, -0.2) is 19.8 Å². The van der Waals surface area contributed by atoms with Gasteiger partial charge in [-0.05, 0) is 73.6 Å². The Bertz CT molecular complexity index is 2720. The van der Waals surface area contributed by atoms with Gasteiger partial charge in [-0.1, -0.05) is 57.2 Å². The van der Waals surface area contributed by atoms with E-state index < -0.39 is 70.5 Å². The van der Waals surface area contributed by atoms with Crippen LogP contribution in [0, 0.1) is 25.2 Å². The summed E-state index contributed by atoms with van der Waals surface area (Å²) in [6.45, 7) is 10.7. The van der Waals surface area contributed by atoms with E-state index >= 15 is 0 Å². The molecular weight excluding hydrogens is 921 g/mol. The second-order valence-electron chi connectivity index (χ2n) is 17.8. The van der Waals surface area contributed by atoms with Crippen molar-refractivity contribution in [2.75, 3.05) is 46.4 Å². The third kappa shape index (κ3) is 13.8. The summed E-state index contributed by atoms with van der Waals surface area (Å²) in [5.74, 6) is -2.84. The lowest BCUT2D eigenvalue weighted by Crippen LogP contribution is -2.56. The largest absolute Gasteiger partial charge is 0.492 e. The highest BCUT2D eigenvalue weighted by Gasteiger charge is 2.37. The Morgan fingerprint density at radius 2 is 1.51 bits per heavy atom. The zero-order valence-corrected chi connectivity index (χ0v) is 41.2. The van der Waals surface area contributed by atoms with E-state index in [9.17, 15) is 37.7 Å². The van der Waals surface area contributed by atoms with Crippen LogP contribution in [-0.2, 0) is 41.2 Å². The molecule has 5 rings (SSSR count). The Labute approximate surface area is 407 Å². The molecule has 4 bridgehead atoms. The number of amides is 5. The quantitative estimate of drug-likeness (QED) is 0.0687. The third-order valence-corrected chi connectivity index (χ3v) is 12.0. The molecule has 21 nitrogen and oxygen atoms in total. The zero-order valence-electron chi connectivity index (χ0n) is 40.3. The first-order valence-corrected chi connectivity index (χ1v) is 24.1. The number of hydrogen-bond acceptors (Lipinski definition) is 14. The number of fused-ring (bicyclic) bond motifs is 5. The molecular formula is C48H62N12O9S. The van der Waals surface area contributed by atoms with E-state index in [4.69, 9.17) is 26.1 Å². The van der Waals surface area contributed by atoms with Gasteiger partial charge in [0.25, 0.3) is 16.1 Å². The molecule has 1 aliphatic rings. The van der Waals surface area contributed by atoms with Crippen LogP contribution in [0.2, 0.25) is 0 Å². The fourth-order valence-corrected chi connectivity index (χ4v) is 8.23. The molecule has 70 heavy (non-hydrogen) atoms. The lowest BCUT2D eigenvalue weighted by atomic mass is 9.86. The number of likely N-dealkylation sites (N-methyl/N-ethyl adjacent to an activating group) is 1. The minimum absolute atomic E-state index is 0.0411. The number of nitrogens with zero attached hydrogens (tertiary/aromatic N) is 4. The SMILES string of the molecule is Cc1nc(-c2ccc(C(C)(C)C)cc2)nc(C)c1C(=O)NC(CCNS(N)(=O)=O)C(=O)N(C)C1C(=O)NC(C)C(=O)NC(C(=O)NCC#N)Cc2ccc(OCCN)c(c2)-c2cc1ccc2OCCN. The van der Waals surface area contributed by atoms with Gasteiger partial charge in [-0.15, -0.1) is 0 Å². The molecule has 1 aromatic heterocycles. The van der Waals surface area contributed by atoms with E-state index in [0.29, 0.717) is 45.4 Å². The number of rotatable bonds is 17. The van der Waals surface area contributed by atoms with Gasteiger partial charge in [-0.2, -0.15) is 13.7 Å². The van der Waals surface area contributed by atoms with Crippen LogP contribution in [0.1, 0.15) is 78.6 Å². The predicted molar refractivity (Wildman–Crippen MR) is 261 cm³/mol. The molecule has 0 fully saturated rings. The first kappa shape index (κ1) is 53.9. The van der Waals surface area contributed by atoms with E-state index in [1.807, 2.05) is 30.3 Å². The number of carbonyl (C=O) groups is 5. The highest BCUT2D eigenvalue weighted by atomic mass is 32.2. The molecule has 5 amide bonds. The Morgan fingerprint density at radius 1 is 0.914 bits per heavy atom. The van der Waals surface area contributed by atoms with Crippen molar-refractivity contribution in [3.05, 3.63) is 94.3 Å². The lowest BCUT2D eigenvalue weighted by molar-refractivity contribution is -0.141. The van der Waals surface area contributed by atoms with Gasteiger partial charge in [0.15, 0.2) is 5.82 Å². The number of ether oxygens (including phenoxy) is 2. The number of carbonyl (C=O) groups excluding carboxylic acids is 5. The van der Waals surface area contributed by atoms with Gasteiger partial charge in [0.05, 0.1) is 23.0 Å². The summed E-state index contributed by atoms with van der Waals surface area (Å²) >= 11 is 0. The molecule has 4 aromatic rings. The fourth-order valence-electron chi connectivity index (χ4n) is 7.83. The Kier molecular flexibility index (Phi) is 18.1. The standard InChI is InChI=1S/C48H62N12O9S/c1-27-40(28(2)56-42(55-27)31-9-12-33(13-10-31)48(4,5)6)45(63)58-36(16-20-54-70(52,66)67)47(65)60(7)41-32-11-15-39(69-23-19-51)35(26-32)34-24-30(8-14-38(34)68-22-18-50)25-37(44(62)53-21-17-49)59-43(61)29(3)57-46(41)64/h8-15,24,26,29,36-37,41,54H,16,18-23,25,50-51H2,1-7H3,(H,53,62)(H,57,64)(H,58,63)(H,59,61)(H2,52,66,67). The second kappa shape index (κ2) is 23.5. The van der Waals surface area contributed by atoms with Crippen molar-refractivity contribution in [3.8, 4) is 40.1 Å². The monoisotopic (exact) mass is 982 g/mol. The summed E-state index contributed by atoms with van der Waals surface area (Å²) < 4.78 is 38.3. The molecule has 374 valence electrons. The van der Waals surface area contributed by atoms with E-state index in [1.165, 1.54) is 14.0 Å². The number of nitrogens with one attached hydrogen (secondary N) is 5. The average molecular weight is 983 g/mol. The number of benzene rings is 3. The van der Waals surface area contributed by atoms with Crippen LogP contribution in [0.5, 0.6) is 11.5 Å². The normalized spacial score (nSPS) is 16.6. The molecule has 0 aliphatic carbocycles. The van der Waals surface area contributed by atoms with Gasteiger partial charge < -0.3 is 47.1 Å². The maximum absolute atomic E-state index is 14.9. The number of aromatic nitrogens is 2. The van der Waals surface area contributed by atoms with Crippen molar-refractivity contribution >= 4 is 39.7 Å². The molecule has 1 aliphatic heterocycles. The number of aryl methyl sites for hydroxylation is 2. The van der Waals surface area contributed by atoms with Crippen LogP contribution in [0.3, 0.4) is 0 Å². The smallest absolute Gasteiger partial charge is 0.274 e. The molecule has 0 spiro atoms. The Hall–Kier alpha value is -7.03. The molecule has 0 saturated heterocycles. The van der Waals surface area contributed by atoms with Crippen molar-refractivity contribution in [1.29, 1.82) is 5.26 Å². The van der Waals surface area contributed by atoms with Gasteiger partial charge in [0.2, 0.25) is 23.6 Å². The summed E-state index contributed by atoms with van der Waals surface area (Å²) in [7, 11) is -2.93. The molecule has 2 heterocycles. The minimum Gasteiger partial charge on any atom is -0.492 e. The van der Waals surface area contributed by atoms with Gasteiger partial charge in [0.1, 0.15) is 55.4 Å². The minimum atomic E-state index is -4.25. The van der Waals surface area contributed by atoms with Crippen LogP contribution >= 0.6 is 0 Å².